The molecule has 0 aliphatic rings. The molecule has 0 saturated heterocycles. The molecular weight excluding hydrogens is 403 g/mol. The Bertz CT molecular complexity index is 1220. The molecule has 0 spiro atoms. The monoisotopic (exact) mass is 414 g/mol. The van der Waals surface area contributed by atoms with Crippen LogP contribution in [-0.4, -0.2) is 26.2 Å². The van der Waals surface area contributed by atoms with Crippen LogP contribution in [0.3, 0.4) is 0 Å². The number of nitrogens with one attached hydrogen (secondary N) is 1. The molecule has 0 saturated carbocycles. The Morgan fingerprint density at radius 1 is 1.00 bits per heavy atom. The van der Waals surface area contributed by atoms with Gasteiger partial charge < -0.3 is 19.9 Å². The van der Waals surface area contributed by atoms with Gasteiger partial charge in [-0.25, -0.2) is 4.79 Å². The number of halogens is 2. The highest BCUT2D eigenvalue weighted by atomic mass is 35.5. The van der Waals surface area contributed by atoms with Crippen LogP contribution in [0.4, 0.5) is 0 Å². The van der Waals surface area contributed by atoms with E-state index in [-0.39, 0.29) is 28.1 Å². The number of ether oxygens (including phenoxy) is 1. The fourth-order valence-electron chi connectivity index (χ4n) is 2.81. The molecule has 0 fully saturated rings. The zero-order valence-electron chi connectivity index (χ0n) is 14.1. The first-order valence-electron chi connectivity index (χ1n) is 8.10. The second-order valence-electron chi connectivity index (χ2n) is 5.96. The number of aromatic carboxylic acids is 1. The van der Waals surface area contributed by atoms with Crippen molar-refractivity contribution in [3.05, 3.63) is 70.2 Å². The van der Waals surface area contributed by atoms with Gasteiger partial charge in [-0.1, -0.05) is 41.4 Å². The van der Waals surface area contributed by atoms with E-state index in [0.29, 0.717) is 27.2 Å². The van der Waals surface area contributed by atoms with E-state index < -0.39 is 5.97 Å². The number of carbonyl (C=O) groups is 1. The fraction of sp³-hybridized carbons (Fsp3) is 0. The van der Waals surface area contributed by atoms with E-state index in [2.05, 4.69) is 9.97 Å². The number of carboxylic acids is 1. The Balaban J connectivity index is 1.72. The minimum atomic E-state index is -1.15. The van der Waals surface area contributed by atoms with Crippen LogP contribution < -0.4 is 4.74 Å². The number of nitrogens with zero attached hydrogens (tertiary/aromatic N) is 1. The number of aromatic nitrogens is 2. The Morgan fingerprint density at radius 2 is 1.79 bits per heavy atom. The normalized spacial score (nSPS) is 10.9. The first-order valence-corrected chi connectivity index (χ1v) is 8.86. The lowest BCUT2D eigenvalue weighted by Gasteiger charge is -2.06. The first kappa shape index (κ1) is 18.2. The molecule has 3 aromatic carbocycles. The van der Waals surface area contributed by atoms with Crippen molar-refractivity contribution in [1.82, 2.24) is 9.97 Å². The number of H-pyrrole nitrogens is 1. The molecule has 0 radical (unpaired) electrons. The molecule has 8 heteroatoms. The summed E-state index contributed by atoms with van der Waals surface area (Å²) >= 11 is 12.2. The van der Waals surface area contributed by atoms with Gasteiger partial charge in [0.05, 0.1) is 26.6 Å². The third-order valence-corrected chi connectivity index (χ3v) is 4.77. The second kappa shape index (κ2) is 7.07. The molecule has 0 aliphatic heterocycles. The minimum Gasteiger partial charge on any atom is -0.507 e. The molecule has 1 heterocycles. The predicted octanol–water partition coefficient (Wildman–Crippen LogP) is 5.73. The van der Waals surface area contributed by atoms with Gasteiger partial charge in [0, 0.05) is 11.1 Å². The van der Waals surface area contributed by atoms with E-state index in [4.69, 9.17) is 33.0 Å². The van der Waals surface area contributed by atoms with E-state index in [1.807, 2.05) is 0 Å². The molecule has 0 unspecified atom stereocenters. The number of phenols is 1. The van der Waals surface area contributed by atoms with Crippen LogP contribution in [-0.2, 0) is 0 Å². The molecule has 6 nitrogen and oxygen atoms in total. The van der Waals surface area contributed by atoms with Gasteiger partial charge in [-0.3, -0.25) is 0 Å². The van der Waals surface area contributed by atoms with Crippen molar-refractivity contribution in [2.45, 2.75) is 0 Å². The van der Waals surface area contributed by atoms with Crippen LogP contribution in [0.2, 0.25) is 10.0 Å². The van der Waals surface area contributed by atoms with Gasteiger partial charge >= 0.3 is 5.97 Å². The average molecular weight is 415 g/mol. The van der Waals surface area contributed by atoms with Gasteiger partial charge in [-0.2, -0.15) is 4.98 Å². The van der Waals surface area contributed by atoms with Crippen molar-refractivity contribution < 1.29 is 19.7 Å². The van der Waals surface area contributed by atoms with Crippen LogP contribution in [0.5, 0.6) is 17.5 Å². The maximum atomic E-state index is 11.2. The van der Waals surface area contributed by atoms with Crippen LogP contribution in [0, 0.1) is 0 Å². The van der Waals surface area contributed by atoms with E-state index in [1.54, 1.807) is 42.5 Å². The molecule has 4 rings (SSSR count). The zero-order chi connectivity index (χ0) is 19.8. The lowest BCUT2D eigenvalue weighted by atomic mass is 10.0. The molecule has 0 amide bonds. The summed E-state index contributed by atoms with van der Waals surface area (Å²) in [6, 6.07) is 14.8. The molecule has 0 aliphatic carbocycles. The van der Waals surface area contributed by atoms with Crippen LogP contribution in [0.1, 0.15) is 10.4 Å². The third kappa shape index (κ3) is 3.35. The Morgan fingerprint density at radius 3 is 2.54 bits per heavy atom. The van der Waals surface area contributed by atoms with E-state index in [9.17, 15) is 9.90 Å². The highest BCUT2D eigenvalue weighted by Crippen LogP contribution is 2.37. The Kier molecular flexibility index (Phi) is 4.58. The van der Waals surface area contributed by atoms with Gasteiger partial charge in [0.2, 0.25) is 0 Å². The first-order chi connectivity index (χ1) is 13.4. The summed E-state index contributed by atoms with van der Waals surface area (Å²) in [5.74, 6) is -0.773. The number of fused-ring (bicyclic) bond motifs is 1. The van der Waals surface area contributed by atoms with Crippen LogP contribution in [0.15, 0.2) is 54.6 Å². The number of para-hydroxylation sites is 1. The largest absolute Gasteiger partial charge is 0.507 e. The summed E-state index contributed by atoms with van der Waals surface area (Å²) in [4.78, 5) is 18.6. The number of carboxylic acid groups (broad SMARTS) is 1. The molecule has 4 aromatic rings. The summed E-state index contributed by atoms with van der Waals surface area (Å²) in [5.41, 5.74) is 2.35. The summed E-state index contributed by atoms with van der Waals surface area (Å²) in [7, 11) is 0. The van der Waals surface area contributed by atoms with Crippen molar-refractivity contribution in [2.75, 3.05) is 0 Å². The number of aromatic amines is 1. The molecule has 0 bridgehead atoms. The van der Waals surface area contributed by atoms with Crippen LogP contribution in [0.25, 0.3) is 22.2 Å². The van der Waals surface area contributed by atoms with Crippen molar-refractivity contribution in [3.63, 3.8) is 0 Å². The summed E-state index contributed by atoms with van der Waals surface area (Å²) in [6.07, 6.45) is 0. The van der Waals surface area contributed by atoms with Gasteiger partial charge in [0.1, 0.15) is 11.5 Å². The third-order valence-electron chi connectivity index (χ3n) is 4.13. The van der Waals surface area contributed by atoms with Gasteiger partial charge in [-0.05, 0) is 36.4 Å². The zero-order valence-corrected chi connectivity index (χ0v) is 15.6. The number of rotatable bonds is 4. The predicted molar refractivity (Wildman–Crippen MR) is 107 cm³/mol. The maximum absolute atomic E-state index is 11.2. The lowest BCUT2D eigenvalue weighted by molar-refractivity contribution is 0.0696. The number of imidazole rings is 1. The highest BCUT2D eigenvalue weighted by Gasteiger charge is 2.14. The highest BCUT2D eigenvalue weighted by molar-refractivity contribution is 6.34. The summed E-state index contributed by atoms with van der Waals surface area (Å²) < 4.78 is 5.64. The SMILES string of the molecule is O=C(O)c1cc(Oc2nc3cc(-c4ccccc4O)c(Cl)cc3[nH]2)ccc1Cl. The number of hydrogen-bond donors (Lipinski definition) is 3. The van der Waals surface area contributed by atoms with E-state index >= 15 is 0 Å². The lowest BCUT2D eigenvalue weighted by Crippen LogP contribution is -1.98. The second-order valence-corrected chi connectivity index (χ2v) is 6.77. The number of hydrogen-bond acceptors (Lipinski definition) is 4. The quantitative estimate of drug-likeness (QED) is 0.396. The van der Waals surface area contributed by atoms with Gasteiger partial charge in [0.15, 0.2) is 0 Å². The molecular formula is C20H12Cl2N2O4. The fourth-order valence-corrected chi connectivity index (χ4v) is 3.27. The van der Waals surface area contributed by atoms with Crippen molar-refractivity contribution in [2.24, 2.45) is 0 Å². The van der Waals surface area contributed by atoms with Gasteiger partial charge in [-0.15, -0.1) is 0 Å². The molecule has 1 aromatic heterocycles. The molecule has 28 heavy (non-hydrogen) atoms. The maximum Gasteiger partial charge on any atom is 0.337 e. The number of phenolic OH excluding ortho intramolecular Hbond substituents is 1. The van der Waals surface area contributed by atoms with Crippen molar-refractivity contribution in [1.29, 1.82) is 0 Å². The molecule has 0 atom stereocenters. The number of benzene rings is 3. The smallest absolute Gasteiger partial charge is 0.337 e. The van der Waals surface area contributed by atoms with Crippen molar-refractivity contribution >= 4 is 40.2 Å². The Labute approximate surface area is 168 Å². The number of aromatic hydroxyl groups is 1. The summed E-state index contributed by atoms with van der Waals surface area (Å²) in [5, 5.41) is 19.8. The van der Waals surface area contributed by atoms with E-state index in [0.717, 1.165) is 0 Å². The Hall–Kier alpha value is -3.22. The average Bonchev–Trinajstić information content (AvgIpc) is 3.04. The van der Waals surface area contributed by atoms with Crippen molar-refractivity contribution in [3.8, 4) is 28.6 Å². The minimum absolute atomic E-state index is 0.0693. The molecule has 3 N–H and O–H groups in total. The van der Waals surface area contributed by atoms with E-state index in [1.165, 1.54) is 12.1 Å². The van der Waals surface area contributed by atoms with Gasteiger partial charge in [0.25, 0.3) is 6.01 Å². The van der Waals surface area contributed by atoms with Crippen LogP contribution >= 0.6 is 23.2 Å². The summed E-state index contributed by atoms with van der Waals surface area (Å²) in [6.45, 7) is 0. The molecule has 140 valence electrons. The standard InChI is InChI=1S/C20H12Cl2N2O4/c21-14-6-5-10(7-13(14)19(26)27)28-20-23-16-8-12(15(22)9-17(16)24-20)11-3-1-2-4-18(11)25/h1-9,25H,(H,23,24)(H,26,27). The topological polar surface area (TPSA) is 95.4 Å².